The molecular formula is C34H28N4O8S2. The number of hydrogen-bond donors (Lipinski definition) is 2. The van der Waals surface area contributed by atoms with Crippen LogP contribution in [-0.2, 0) is 20.0 Å². The van der Waals surface area contributed by atoms with Crippen LogP contribution in [0.5, 0.6) is 0 Å². The van der Waals surface area contributed by atoms with E-state index in [4.69, 9.17) is 17.9 Å². The summed E-state index contributed by atoms with van der Waals surface area (Å²) in [6.07, 6.45) is 0. The predicted molar refractivity (Wildman–Crippen MR) is 181 cm³/mol. The molecule has 8 aromatic rings. The maximum Gasteiger partial charge on any atom is 0.264 e. The van der Waals surface area contributed by atoms with Crippen molar-refractivity contribution in [3.63, 3.8) is 0 Å². The van der Waals surface area contributed by atoms with Gasteiger partial charge in [0.25, 0.3) is 20.0 Å². The third-order valence-electron chi connectivity index (χ3n) is 8.09. The van der Waals surface area contributed by atoms with E-state index < -0.39 is 20.0 Å². The van der Waals surface area contributed by atoms with Crippen LogP contribution in [0.2, 0.25) is 0 Å². The Hall–Kier alpha value is -5.60. The molecule has 0 radical (unpaired) electrons. The summed E-state index contributed by atoms with van der Waals surface area (Å²) >= 11 is 0. The largest absolute Gasteiger partial charge is 0.456 e. The Bertz CT molecular complexity index is 2530. The van der Waals surface area contributed by atoms with Crippen LogP contribution in [0.1, 0.15) is 22.5 Å². The summed E-state index contributed by atoms with van der Waals surface area (Å²) in [6, 6.07) is 24.5. The Kier molecular flexibility index (Phi) is 7.48. The number of para-hydroxylation sites is 2. The van der Waals surface area contributed by atoms with Gasteiger partial charge in [0.05, 0.1) is 21.2 Å². The molecule has 2 N–H and O–H groups in total. The highest BCUT2D eigenvalue weighted by molar-refractivity contribution is 7.93. The Morgan fingerprint density at radius 2 is 0.875 bits per heavy atom. The van der Waals surface area contributed by atoms with E-state index in [1.807, 2.05) is 48.5 Å². The van der Waals surface area contributed by atoms with Crippen LogP contribution in [0, 0.1) is 27.7 Å². The molecule has 4 aromatic carbocycles. The van der Waals surface area contributed by atoms with Crippen molar-refractivity contribution >= 4 is 75.7 Å². The van der Waals surface area contributed by atoms with Gasteiger partial charge in [-0.25, -0.2) is 26.3 Å². The van der Waals surface area contributed by atoms with Crippen LogP contribution in [0.3, 0.4) is 0 Å². The molecule has 12 nitrogen and oxygen atoms in total. The van der Waals surface area contributed by atoms with Crippen LogP contribution in [-0.4, -0.2) is 27.1 Å². The first kappa shape index (κ1) is 31.0. The lowest BCUT2D eigenvalue weighted by Gasteiger charge is -2.05. The molecule has 0 atom stereocenters. The zero-order chi connectivity index (χ0) is 33.8. The minimum Gasteiger partial charge on any atom is -0.456 e. The van der Waals surface area contributed by atoms with Gasteiger partial charge >= 0.3 is 0 Å². The SMILES string of the molecule is Cc1noc(NS(=O)(=O)c2ccc3oc4ccccc4c3c2)c1C.Cc1noc(NS(=O)(=O)c2ccc3oc4ccccc4c3c2)c1C. The maximum atomic E-state index is 12.6. The van der Waals surface area contributed by atoms with Crippen molar-refractivity contribution in [1.29, 1.82) is 0 Å². The fourth-order valence-corrected chi connectivity index (χ4v) is 7.27. The summed E-state index contributed by atoms with van der Waals surface area (Å²) in [5, 5.41) is 10.8. The second kappa shape index (κ2) is 11.6. The highest BCUT2D eigenvalue weighted by Gasteiger charge is 2.22. The fourth-order valence-electron chi connectivity index (χ4n) is 5.13. The predicted octanol–water partition coefficient (Wildman–Crippen LogP) is 7.98. The van der Waals surface area contributed by atoms with E-state index in [1.165, 1.54) is 12.1 Å². The van der Waals surface area contributed by atoms with Crippen molar-refractivity contribution in [2.24, 2.45) is 0 Å². The molecule has 0 aliphatic rings. The molecule has 244 valence electrons. The molecule has 0 aliphatic carbocycles. The van der Waals surface area contributed by atoms with Crippen molar-refractivity contribution in [2.75, 3.05) is 9.44 Å². The number of sulfonamides is 2. The molecule has 0 spiro atoms. The number of benzene rings is 4. The second-order valence-electron chi connectivity index (χ2n) is 11.2. The summed E-state index contributed by atoms with van der Waals surface area (Å²) in [5.41, 5.74) is 5.33. The molecule has 0 aliphatic heterocycles. The van der Waals surface area contributed by atoms with Crippen LogP contribution in [0.25, 0.3) is 43.9 Å². The average molecular weight is 685 g/mol. The van der Waals surface area contributed by atoms with Gasteiger partial charge in [0.1, 0.15) is 22.3 Å². The van der Waals surface area contributed by atoms with Crippen LogP contribution in [0.4, 0.5) is 11.8 Å². The van der Waals surface area contributed by atoms with E-state index in [-0.39, 0.29) is 21.6 Å². The third-order valence-corrected chi connectivity index (χ3v) is 10.7. The Labute approximate surface area is 274 Å². The molecule has 48 heavy (non-hydrogen) atoms. The number of rotatable bonds is 6. The normalized spacial score (nSPS) is 12.1. The van der Waals surface area contributed by atoms with E-state index in [1.54, 1.807) is 52.0 Å². The quantitative estimate of drug-likeness (QED) is 0.175. The summed E-state index contributed by atoms with van der Waals surface area (Å²) in [5.74, 6) is 0.259. The summed E-state index contributed by atoms with van der Waals surface area (Å²) in [4.78, 5) is 0.269. The number of anilines is 2. The first-order chi connectivity index (χ1) is 22.9. The Balaban J connectivity index is 0.000000152. The Morgan fingerprint density at radius 3 is 1.25 bits per heavy atom. The summed E-state index contributed by atoms with van der Waals surface area (Å²) < 4.78 is 76.9. The zero-order valence-electron chi connectivity index (χ0n) is 26.1. The smallest absolute Gasteiger partial charge is 0.264 e. The van der Waals surface area contributed by atoms with Gasteiger partial charge in [-0.1, -0.05) is 46.7 Å². The minimum absolute atomic E-state index is 0.129. The topological polar surface area (TPSA) is 171 Å². The molecule has 0 unspecified atom stereocenters. The van der Waals surface area contributed by atoms with Crippen molar-refractivity contribution in [3.8, 4) is 0 Å². The molecule has 8 rings (SSSR count). The van der Waals surface area contributed by atoms with Gasteiger partial charge in [0, 0.05) is 32.7 Å². The molecule has 4 heterocycles. The second-order valence-corrected chi connectivity index (χ2v) is 14.5. The van der Waals surface area contributed by atoms with Gasteiger partial charge in [-0.05, 0) is 76.2 Å². The summed E-state index contributed by atoms with van der Waals surface area (Å²) in [6.45, 7) is 6.99. The third kappa shape index (κ3) is 5.54. The van der Waals surface area contributed by atoms with Gasteiger partial charge in [-0.3, -0.25) is 0 Å². The molecule has 0 saturated heterocycles. The molecular weight excluding hydrogens is 657 g/mol. The standard InChI is InChI=1S/2C17H14N2O4S/c2*1-10-11(2)18-23-17(10)19-24(20,21)12-7-8-16-14(9-12)13-5-3-4-6-15(13)22-16/h2*3-9,19H,1-2H3. The number of furan rings is 2. The number of aromatic nitrogens is 2. The number of nitrogens with zero attached hydrogens (tertiary/aromatic N) is 2. The van der Waals surface area contributed by atoms with Crippen LogP contribution >= 0.6 is 0 Å². The summed E-state index contributed by atoms with van der Waals surface area (Å²) in [7, 11) is -7.57. The first-order valence-corrected chi connectivity index (χ1v) is 17.6. The lowest BCUT2D eigenvalue weighted by molar-refractivity contribution is 0.430. The number of aryl methyl sites for hydroxylation is 2. The molecule has 14 heteroatoms. The van der Waals surface area contributed by atoms with Crippen molar-refractivity contribution in [2.45, 2.75) is 37.5 Å². The minimum atomic E-state index is -3.79. The highest BCUT2D eigenvalue weighted by Crippen LogP contribution is 2.33. The number of nitrogens with one attached hydrogen (secondary N) is 2. The van der Waals surface area contributed by atoms with Crippen LogP contribution in [0.15, 0.2) is 113 Å². The average Bonchev–Trinajstić information content (AvgIpc) is 3.81. The maximum absolute atomic E-state index is 12.6. The van der Waals surface area contributed by atoms with Crippen LogP contribution < -0.4 is 9.44 Å². The van der Waals surface area contributed by atoms with Gasteiger partial charge in [0.15, 0.2) is 0 Å². The Morgan fingerprint density at radius 1 is 0.500 bits per heavy atom. The van der Waals surface area contributed by atoms with Gasteiger partial charge in [0.2, 0.25) is 11.8 Å². The van der Waals surface area contributed by atoms with E-state index >= 15 is 0 Å². The van der Waals surface area contributed by atoms with Crippen molar-refractivity contribution < 1.29 is 34.7 Å². The van der Waals surface area contributed by atoms with E-state index in [0.29, 0.717) is 33.7 Å². The molecule has 0 saturated carbocycles. The fraction of sp³-hybridized carbons (Fsp3) is 0.118. The first-order valence-electron chi connectivity index (χ1n) is 14.7. The van der Waals surface area contributed by atoms with Crippen molar-refractivity contribution in [1.82, 2.24) is 10.3 Å². The molecule has 4 aromatic heterocycles. The monoisotopic (exact) mass is 684 g/mol. The lowest BCUT2D eigenvalue weighted by atomic mass is 10.1. The number of fused-ring (bicyclic) bond motifs is 6. The van der Waals surface area contributed by atoms with E-state index in [0.717, 1.165) is 32.7 Å². The van der Waals surface area contributed by atoms with Gasteiger partial charge < -0.3 is 17.9 Å². The lowest BCUT2D eigenvalue weighted by Crippen LogP contribution is -2.13. The number of hydrogen-bond acceptors (Lipinski definition) is 10. The van der Waals surface area contributed by atoms with E-state index in [9.17, 15) is 16.8 Å². The highest BCUT2D eigenvalue weighted by atomic mass is 32.2. The molecule has 0 amide bonds. The van der Waals surface area contributed by atoms with E-state index in [2.05, 4.69) is 19.8 Å². The van der Waals surface area contributed by atoms with Gasteiger partial charge in [-0.2, -0.15) is 0 Å². The molecule has 0 fully saturated rings. The van der Waals surface area contributed by atoms with Crippen molar-refractivity contribution in [3.05, 3.63) is 107 Å². The molecule has 0 bridgehead atoms. The zero-order valence-corrected chi connectivity index (χ0v) is 27.7. The van der Waals surface area contributed by atoms with Gasteiger partial charge in [-0.15, -0.1) is 0 Å².